The Morgan fingerprint density at radius 2 is 1.35 bits per heavy atom. The summed E-state index contributed by atoms with van der Waals surface area (Å²) in [5.41, 5.74) is 0. The van der Waals surface area contributed by atoms with Crippen molar-refractivity contribution in [2.45, 2.75) is 24.5 Å². The zero-order chi connectivity index (χ0) is 13.6. The maximum absolute atomic E-state index is 2.65. The van der Waals surface area contributed by atoms with Gasteiger partial charge in [0.25, 0.3) is 0 Å². The Hall–Kier alpha value is -0.703. The van der Waals surface area contributed by atoms with E-state index in [1.165, 1.54) is 24.5 Å². The van der Waals surface area contributed by atoms with Gasteiger partial charge in [0.05, 0.1) is 0 Å². The second-order valence-corrected chi connectivity index (χ2v) is 21.8. The monoisotopic (exact) mass is 386 g/mol. The summed E-state index contributed by atoms with van der Waals surface area (Å²) in [7, 11) is 0. The van der Waals surface area contributed by atoms with Gasteiger partial charge in [-0.25, -0.2) is 0 Å². The van der Waals surface area contributed by atoms with Crippen LogP contribution < -0.4 is 8.70 Å². The number of hydrogen-bond acceptors (Lipinski definition) is 0. The van der Waals surface area contributed by atoms with Crippen molar-refractivity contribution >= 4 is 33.9 Å². The first-order chi connectivity index (χ1) is 9.95. The fourth-order valence-electron chi connectivity index (χ4n) is 2.55. The van der Waals surface area contributed by atoms with Gasteiger partial charge < -0.3 is 0 Å². The average molecular weight is 386 g/mol. The molecule has 2 aromatic carbocycles. The molecule has 0 radical (unpaired) electrons. The first-order valence-electron chi connectivity index (χ1n) is 7.28. The van der Waals surface area contributed by atoms with E-state index in [1.54, 1.807) is 8.70 Å². The SMILES string of the molecule is C1=C\[As](c2ccccc2)[As](c2ccccc2)CCCC/1. The molecule has 1 aliphatic rings. The van der Waals surface area contributed by atoms with E-state index in [4.69, 9.17) is 0 Å². The summed E-state index contributed by atoms with van der Waals surface area (Å²) in [4.78, 5) is 2.65. The van der Waals surface area contributed by atoms with Crippen molar-refractivity contribution in [3.63, 3.8) is 0 Å². The Labute approximate surface area is 129 Å². The molecule has 20 heavy (non-hydrogen) atoms. The molecule has 0 amide bonds. The van der Waals surface area contributed by atoms with E-state index in [9.17, 15) is 0 Å². The molecule has 3 rings (SSSR count). The van der Waals surface area contributed by atoms with Crippen LogP contribution in [-0.2, 0) is 0 Å². The minimum atomic E-state index is -1.01. The molecule has 0 bridgehead atoms. The Morgan fingerprint density at radius 3 is 2.05 bits per heavy atom. The summed E-state index contributed by atoms with van der Waals surface area (Å²) in [6, 6.07) is 22.7. The predicted molar refractivity (Wildman–Crippen MR) is 91.5 cm³/mol. The van der Waals surface area contributed by atoms with Crippen molar-refractivity contribution in [1.82, 2.24) is 0 Å². The Balaban J connectivity index is 1.98. The van der Waals surface area contributed by atoms with E-state index < -0.39 is 25.2 Å². The zero-order valence-electron chi connectivity index (χ0n) is 11.7. The topological polar surface area (TPSA) is 0 Å². The third-order valence-corrected chi connectivity index (χ3v) is 25.2. The van der Waals surface area contributed by atoms with E-state index in [0.717, 1.165) is 0 Å². The van der Waals surface area contributed by atoms with Gasteiger partial charge >= 0.3 is 130 Å². The van der Waals surface area contributed by atoms with Crippen molar-refractivity contribution in [3.8, 4) is 0 Å². The number of hydrogen-bond donors (Lipinski definition) is 0. The van der Waals surface area contributed by atoms with E-state index in [2.05, 4.69) is 71.6 Å². The maximum atomic E-state index is 2.65. The number of allylic oxidation sites excluding steroid dienone is 1. The van der Waals surface area contributed by atoms with Crippen LogP contribution in [-0.4, -0.2) is 25.2 Å². The summed E-state index contributed by atoms with van der Waals surface area (Å²) in [5, 5.41) is 1.50. The summed E-state index contributed by atoms with van der Waals surface area (Å²) < 4.78 is 3.34. The van der Waals surface area contributed by atoms with Gasteiger partial charge in [0.1, 0.15) is 0 Å². The van der Waals surface area contributed by atoms with Gasteiger partial charge in [0, 0.05) is 0 Å². The van der Waals surface area contributed by atoms with Crippen LogP contribution in [0.5, 0.6) is 0 Å². The first-order valence-corrected chi connectivity index (χ1v) is 16.8. The molecule has 0 saturated heterocycles. The first kappa shape index (κ1) is 14.2. The Morgan fingerprint density at radius 1 is 0.700 bits per heavy atom. The van der Waals surface area contributed by atoms with Gasteiger partial charge in [-0.3, -0.25) is 0 Å². The van der Waals surface area contributed by atoms with Crippen LogP contribution in [0.1, 0.15) is 19.3 Å². The van der Waals surface area contributed by atoms with Crippen LogP contribution in [0.3, 0.4) is 0 Å². The van der Waals surface area contributed by atoms with Gasteiger partial charge in [-0.05, 0) is 0 Å². The van der Waals surface area contributed by atoms with Crippen molar-refractivity contribution < 1.29 is 0 Å². The molecule has 0 saturated carbocycles. The molecule has 0 aliphatic carbocycles. The molecule has 1 aliphatic heterocycles. The van der Waals surface area contributed by atoms with Crippen molar-refractivity contribution in [2.75, 3.05) is 0 Å². The van der Waals surface area contributed by atoms with Crippen molar-refractivity contribution in [2.24, 2.45) is 0 Å². The van der Waals surface area contributed by atoms with Crippen LogP contribution in [0.2, 0.25) is 5.21 Å². The third-order valence-electron chi connectivity index (χ3n) is 3.57. The summed E-state index contributed by atoms with van der Waals surface area (Å²) >= 11 is -1.94. The van der Waals surface area contributed by atoms with E-state index >= 15 is 0 Å². The van der Waals surface area contributed by atoms with Crippen LogP contribution in [0.15, 0.2) is 71.6 Å². The molecule has 2 heteroatoms. The molecule has 2 atom stereocenters. The number of rotatable bonds is 2. The average Bonchev–Trinajstić information content (AvgIpc) is 2.49. The fraction of sp³-hybridized carbons (Fsp3) is 0.222. The molecule has 1 heterocycles. The van der Waals surface area contributed by atoms with Crippen LogP contribution >= 0.6 is 0 Å². The molecule has 0 spiro atoms. The van der Waals surface area contributed by atoms with Crippen LogP contribution in [0.4, 0.5) is 0 Å². The second-order valence-electron chi connectivity index (χ2n) is 5.02. The van der Waals surface area contributed by atoms with Gasteiger partial charge in [0.2, 0.25) is 0 Å². The van der Waals surface area contributed by atoms with E-state index in [0.29, 0.717) is 0 Å². The molecule has 2 unspecified atom stereocenters. The molecule has 2 aromatic rings. The van der Waals surface area contributed by atoms with Gasteiger partial charge in [0.15, 0.2) is 0 Å². The zero-order valence-corrected chi connectivity index (χ0v) is 15.4. The third kappa shape index (κ3) is 3.49. The quantitative estimate of drug-likeness (QED) is 0.696. The number of benzene rings is 2. The molecular formula is C18H20As2. The molecule has 102 valence electrons. The minimum absolute atomic E-state index is 0.921. The summed E-state index contributed by atoms with van der Waals surface area (Å²) in [6.45, 7) is 0. The standard InChI is InChI=1S/C18H20As2/c1-2-10-16-20(18-13-7-4-8-14-18)19(15-9-1)17-11-5-3-6-12-17/h3-9,11-15H,1-2,10,16H2/b15-9-. The Kier molecular flexibility index (Phi) is 5.23. The van der Waals surface area contributed by atoms with Gasteiger partial charge in [-0.2, -0.15) is 0 Å². The van der Waals surface area contributed by atoms with Crippen molar-refractivity contribution in [3.05, 3.63) is 71.6 Å². The summed E-state index contributed by atoms with van der Waals surface area (Å²) in [5.74, 6) is 0. The molecule has 0 nitrogen and oxygen atoms in total. The van der Waals surface area contributed by atoms with Gasteiger partial charge in [-0.1, -0.05) is 0 Å². The molecule has 0 fully saturated rings. The van der Waals surface area contributed by atoms with E-state index in [1.807, 2.05) is 0 Å². The normalized spacial score (nSPS) is 24.6. The van der Waals surface area contributed by atoms with Crippen LogP contribution in [0.25, 0.3) is 0 Å². The molecular weight excluding hydrogens is 366 g/mol. The molecule has 0 aromatic heterocycles. The Bertz CT molecular complexity index is 548. The van der Waals surface area contributed by atoms with Crippen molar-refractivity contribution in [1.29, 1.82) is 0 Å². The molecule has 0 N–H and O–H groups in total. The summed E-state index contributed by atoms with van der Waals surface area (Å²) in [6.07, 6.45) is 6.58. The van der Waals surface area contributed by atoms with Gasteiger partial charge in [-0.15, -0.1) is 0 Å². The van der Waals surface area contributed by atoms with Crippen LogP contribution in [0, 0.1) is 0 Å². The predicted octanol–water partition coefficient (Wildman–Crippen LogP) is 3.15. The van der Waals surface area contributed by atoms with E-state index in [-0.39, 0.29) is 0 Å². The fourth-order valence-corrected chi connectivity index (χ4v) is 24.6. The second kappa shape index (κ2) is 7.35.